The van der Waals surface area contributed by atoms with E-state index in [1.165, 1.54) is 25.3 Å². The van der Waals surface area contributed by atoms with E-state index in [1.807, 2.05) is 13.8 Å². The molecule has 0 aliphatic carbocycles. The molecule has 0 aliphatic rings. The normalized spacial score (nSPS) is 10.5. The van der Waals surface area contributed by atoms with E-state index in [4.69, 9.17) is 4.74 Å². The molecule has 0 saturated heterocycles. The fourth-order valence-electron chi connectivity index (χ4n) is 1.46. The van der Waals surface area contributed by atoms with Crippen LogP contribution in [-0.4, -0.2) is 25.6 Å². The summed E-state index contributed by atoms with van der Waals surface area (Å²) < 4.78 is 18.1. The van der Waals surface area contributed by atoms with E-state index in [0.29, 0.717) is 30.4 Å². The summed E-state index contributed by atoms with van der Waals surface area (Å²) in [5.41, 5.74) is 0.354. The van der Waals surface area contributed by atoms with Crippen molar-refractivity contribution in [2.75, 3.05) is 19.0 Å². The number of methoxy groups -OCH3 is 1. The Labute approximate surface area is 107 Å². The number of carbonyl (C=O) groups excluding carboxylic acids is 1. The van der Waals surface area contributed by atoms with Gasteiger partial charge in [0.25, 0.3) is 0 Å². The van der Waals surface area contributed by atoms with Gasteiger partial charge in [-0.15, -0.1) is 0 Å². The smallest absolute Gasteiger partial charge is 0.225 e. The van der Waals surface area contributed by atoms with Gasteiger partial charge in [-0.2, -0.15) is 0 Å². The summed E-state index contributed by atoms with van der Waals surface area (Å²) in [5.74, 6) is -0.139. The van der Waals surface area contributed by atoms with E-state index in [2.05, 4.69) is 10.6 Å². The molecule has 1 aromatic rings. The second-order valence-corrected chi connectivity index (χ2v) is 4.25. The lowest BCUT2D eigenvalue weighted by atomic mass is 10.2. The molecule has 0 aliphatic heterocycles. The van der Waals surface area contributed by atoms with Gasteiger partial charge in [0.15, 0.2) is 0 Å². The first-order chi connectivity index (χ1) is 8.52. The molecule has 0 aromatic heterocycles. The Morgan fingerprint density at radius 3 is 2.78 bits per heavy atom. The molecule has 1 aromatic carbocycles. The second-order valence-electron chi connectivity index (χ2n) is 4.25. The van der Waals surface area contributed by atoms with E-state index in [0.717, 1.165) is 0 Å². The molecular formula is C13H19FN2O2. The van der Waals surface area contributed by atoms with Crippen molar-refractivity contribution in [3.8, 4) is 5.75 Å². The molecule has 0 unspecified atom stereocenters. The van der Waals surface area contributed by atoms with Crippen LogP contribution in [-0.2, 0) is 4.79 Å². The molecule has 0 heterocycles. The number of ether oxygens (including phenoxy) is 1. The lowest BCUT2D eigenvalue weighted by Gasteiger charge is -2.11. The van der Waals surface area contributed by atoms with Crippen molar-refractivity contribution in [3.63, 3.8) is 0 Å². The molecule has 0 atom stereocenters. The number of hydrogen-bond acceptors (Lipinski definition) is 3. The van der Waals surface area contributed by atoms with Crippen LogP contribution in [0.4, 0.5) is 10.1 Å². The number of benzene rings is 1. The maximum absolute atomic E-state index is 13.1. The molecule has 0 bridgehead atoms. The molecule has 1 amide bonds. The molecule has 4 nitrogen and oxygen atoms in total. The Morgan fingerprint density at radius 1 is 1.44 bits per heavy atom. The van der Waals surface area contributed by atoms with Gasteiger partial charge in [0.05, 0.1) is 12.8 Å². The highest BCUT2D eigenvalue weighted by molar-refractivity contribution is 5.92. The quantitative estimate of drug-likeness (QED) is 0.818. The Balaban J connectivity index is 2.55. The second kappa shape index (κ2) is 6.96. The number of hydrogen-bond donors (Lipinski definition) is 2. The molecule has 100 valence electrons. The van der Waals surface area contributed by atoms with Crippen molar-refractivity contribution in [1.82, 2.24) is 5.32 Å². The highest BCUT2D eigenvalue weighted by atomic mass is 19.1. The van der Waals surface area contributed by atoms with Gasteiger partial charge in [0.2, 0.25) is 5.91 Å². The van der Waals surface area contributed by atoms with Crippen LogP contribution in [0.25, 0.3) is 0 Å². The van der Waals surface area contributed by atoms with Crippen molar-refractivity contribution >= 4 is 11.6 Å². The zero-order valence-electron chi connectivity index (χ0n) is 10.9. The number of nitrogens with one attached hydrogen (secondary N) is 2. The number of rotatable bonds is 6. The summed E-state index contributed by atoms with van der Waals surface area (Å²) in [5, 5.41) is 5.77. The third kappa shape index (κ3) is 4.71. The van der Waals surface area contributed by atoms with Crippen LogP contribution in [0, 0.1) is 5.82 Å². The molecule has 0 saturated carbocycles. The fourth-order valence-corrected chi connectivity index (χ4v) is 1.46. The van der Waals surface area contributed by atoms with Gasteiger partial charge in [-0.3, -0.25) is 4.79 Å². The first kappa shape index (κ1) is 14.4. The SMILES string of the molecule is COc1ccc(F)cc1NC(=O)CCNC(C)C. The molecule has 0 fully saturated rings. The number of amides is 1. The number of carbonyl (C=O) groups is 1. The first-order valence-corrected chi connectivity index (χ1v) is 5.89. The van der Waals surface area contributed by atoms with Gasteiger partial charge in [-0.05, 0) is 12.1 Å². The van der Waals surface area contributed by atoms with Crippen LogP contribution in [0.3, 0.4) is 0 Å². The van der Waals surface area contributed by atoms with Crippen LogP contribution in [0.1, 0.15) is 20.3 Å². The standard InChI is InChI=1S/C13H19FN2O2/c1-9(2)15-7-6-13(17)16-11-8-10(14)4-5-12(11)18-3/h4-5,8-9,15H,6-7H2,1-3H3,(H,16,17). The summed E-state index contributed by atoms with van der Waals surface area (Å²) in [6.45, 7) is 4.60. The van der Waals surface area contributed by atoms with E-state index in [1.54, 1.807) is 0 Å². The summed E-state index contributed by atoms with van der Waals surface area (Å²) >= 11 is 0. The van der Waals surface area contributed by atoms with Crippen molar-refractivity contribution < 1.29 is 13.9 Å². The zero-order chi connectivity index (χ0) is 13.5. The minimum atomic E-state index is -0.411. The molecule has 0 radical (unpaired) electrons. The predicted octanol–water partition coefficient (Wildman–Crippen LogP) is 2.16. The topological polar surface area (TPSA) is 50.4 Å². The lowest BCUT2D eigenvalue weighted by molar-refractivity contribution is -0.116. The van der Waals surface area contributed by atoms with Gasteiger partial charge in [-0.25, -0.2) is 4.39 Å². The Kier molecular flexibility index (Phi) is 5.58. The lowest BCUT2D eigenvalue weighted by Crippen LogP contribution is -2.27. The molecule has 18 heavy (non-hydrogen) atoms. The Bertz CT molecular complexity index is 408. The third-order valence-electron chi connectivity index (χ3n) is 2.34. The van der Waals surface area contributed by atoms with Crippen molar-refractivity contribution in [3.05, 3.63) is 24.0 Å². The maximum atomic E-state index is 13.1. The summed E-state index contributed by atoms with van der Waals surface area (Å²) in [6, 6.07) is 4.35. The number of anilines is 1. The Morgan fingerprint density at radius 2 is 2.17 bits per heavy atom. The van der Waals surface area contributed by atoms with Gasteiger partial charge < -0.3 is 15.4 Å². The van der Waals surface area contributed by atoms with Crippen LogP contribution in [0.15, 0.2) is 18.2 Å². The Hall–Kier alpha value is -1.62. The molecule has 0 spiro atoms. The van der Waals surface area contributed by atoms with Crippen LogP contribution in [0.2, 0.25) is 0 Å². The van der Waals surface area contributed by atoms with E-state index < -0.39 is 5.82 Å². The zero-order valence-corrected chi connectivity index (χ0v) is 10.9. The third-order valence-corrected chi connectivity index (χ3v) is 2.34. The van der Waals surface area contributed by atoms with E-state index in [9.17, 15) is 9.18 Å². The van der Waals surface area contributed by atoms with Crippen molar-refractivity contribution in [2.45, 2.75) is 26.3 Å². The molecular weight excluding hydrogens is 235 g/mol. The van der Waals surface area contributed by atoms with Gasteiger partial charge in [0, 0.05) is 25.1 Å². The first-order valence-electron chi connectivity index (χ1n) is 5.89. The van der Waals surface area contributed by atoms with Crippen LogP contribution < -0.4 is 15.4 Å². The summed E-state index contributed by atoms with van der Waals surface area (Å²) in [7, 11) is 1.48. The fraction of sp³-hybridized carbons (Fsp3) is 0.462. The summed E-state index contributed by atoms with van der Waals surface area (Å²) in [6.07, 6.45) is 0.331. The van der Waals surface area contributed by atoms with Crippen LogP contribution >= 0.6 is 0 Å². The highest BCUT2D eigenvalue weighted by Gasteiger charge is 2.08. The van der Waals surface area contributed by atoms with Gasteiger partial charge >= 0.3 is 0 Å². The highest BCUT2D eigenvalue weighted by Crippen LogP contribution is 2.24. The summed E-state index contributed by atoms with van der Waals surface area (Å²) in [4.78, 5) is 11.6. The number of halogens is 1. The minimum absolute atomic E-state index is 0.174. The minimum Gasteiger partial charge on any atom is -0.495 e. The average molecular weight is 254 g/mol. The van der Waals surface area contributed by atoms with E-state index in [-0.39, 0.29) is 5.91 Å². The molecule has 1 rings (SSSR count). The predicted molar refractivity (Wildman–Crippen MR) is 69.3 cm³/mol. The molecule has 2 N–H and O–H groups in total. The van der Waals surface area contributed by atoms with Crippen molar-refractivity contribution in [2.24, 2.45) is 0 Å². The monoisotopic (exact) mass is 254 g/mol. The van der Waals surface area contributed by atoms with E-state index >= 15 is 0 Å². The largest absolute Gasteiger partial charge is 0.495 e. The maximum Gasteiger partial charge on any atom is 0.225 e. The average Bonchev–Trinajstić information content (AvgIpc) is 2.28. The van der Waals surface area contributed by atoms with Gasteiger partial charge in [0.1, 0.15) is 11.6 Å². The molecule has 5 heteroatoms. The van der Waals surface area contributed by atoms with Gasteiger partial charge in [-0.1, -0.05) is 13.8 Å². The van der Waals surface area contributed by atoms with Crippen molar-refractivity contribution in [1.29, 1.82) is 0 Å². The van der Waals surface area contributed by atoms with Crippen LogP contribution in [0.5, 0.6) is 5.75 Å².